The van der Waals surface area contributed by atoms with E-state index in [1.54, 1.807) is 6.92 Å². The summed E-state index contributed by atoms with van der Waals surface area (Å²) in [6.45, 7) is 1.03. The van der Waals surface area contributed by atoms with Crippen LogP contribution in [0, 0.1) is 0 Å². The molecule has 0 radical (unpaired) electrons. The minimum atomic E-state index is -3.68. The van der Waals surface area contributed by atoms with Crippen molar-refractivity contribution in [2.75, 3.05) is 12.4 Å². The van der Waals surface area contributed by atoms with Crippen molar-refractivity contribution in [1.29, 1.82) is 0 Å². The molecule has 0 rings (SSSR count). The highest BCUT2D eigenvalue weighted by atomic mass is 32.2. The molecule has 7 heteroatoms. The molecule has 5 nitrogen and oxygen atoms in total. The van der Waals surface area contributed by atoms with Gasteiger partial charge in [-0.15, -0.1) is 0 Å². The van der Waals surface area contributed by atoms with Gasteiger partial charge in [0.25, 0.3) is 0 Å². The van der Waals surface area contributed by atoms with Crippen LogP contribution in [0.15, 0.2) is 0 Å². The molecule has 90 valence electrons. The lowest BCUT2D eigenvalue weighted by Gasteiger charge is -2.13. The molecule has 0 aromatic carbocycles. The van der Waals surface area contributed by atoms with E-state index in [4.69, 9.17) is 5.11 Å². The Morgan fingerprint density at radius 2 is 2.13 bits per heavy atom. The highest BCUT2D eigenvalue weighted by molar-refractivity contribution is 7.89. The molecule has 0 aliphatic rings. The number of hydrogen-bond donors (Lipinski definition) is 2. The van der Waals surface area contributed by atoms with E-state index in [1.807, 2.05) is 4.72 Å². The van der Waals surface area contributed by atoms with Gasteiger partial charge in [0.15, 0.2) is 0 Å². The van der Waals surface area contributed by atoms with E-state index in [9.17, 15) is 17.6 Å². The molecule has 1 unspecified atom stereocenters. The molecule has 1 atom stereocenters. The average Bonchev–Trinajstić information content (AvgIpc) is 2.14. The topological polar surface area (TPSA) is 83.5 Å². The Kier molecular flexibility index (Phi) is 6.42. The molecule has 0 heterocycles. The van der Waals surface area contributed by atoms with Gasteiger partial charge in [-0.2, -0.15) is 0 Å². The van der Waals surface area contributed by atoms with Gasteiger partial charge < -0.3 is 5.11 Å². The fraction of sp³-hybridized carbons (Fsp3) is 0.875. The Bertz CT molecular complexity index is 291. The minimum absolute atomic E-state index is 0.117. The van der Waals surface area contributed by atoms with Crippen LogP contribution in [-0.4, -0.2) is 38.0 Å². The third-order valence-corrected chi connectivity index (χ3v) is 3.21. The lowest BCUT2D eigenvalue weighted by molar-refractivity contribution is -0.139. The Hall–Kier alpha value is -0.690. The van der Waals surface area contributed by atoms with Crippen LogP contribution in [0.1, 0.15) is 26.2 Å². The van der Waals surface area contributed by atoms with Gasteiger partial charge in [0.1, 0.15) is 6.04 Å². The van der Waals surface area contributed by atoms with Gasteiger partial charge in [-0.1, -0.05) is 13.3 Å². The van der Waals surface area contributed by atoms with Gasteiger partial charge in [0.2, 0.25) is 10.0 Å². The van der Waals surface area contributed by atoms with Crippen LogP contribution >= 0.6 is 0 Å². The monoisotopic (exact) mass is 241 g/mol. The SMILES string of the molecule is CCCC(NS(=O)(=O)CCCF)C(=O)O. The smallest absolute Gasteiger partial charge is 0.321 e. The third kappa shape index (κ3) is 6.40. The fourth-order valence-electron chi connectivity index (χ4n) is 1.04. The molecule has 0 saturated carbocycles. The summed E-state index contributed by atoms with van der Waals surface area (Å²) in [6, 6.07) is -1.11. The van der Waals surface area contributed by atoms with E-state index >= 15 is 0 Å². The van der Waals surface area contributed by atoms with E-state index in [0.717, 1.165) is 0 Å². The number of carbonyl (C=O) groups is 1. The number of alkyl halides is 1. The summed E-state index contributed by atoms with van der Waals surface area (Å²) in [7, 11) is -3.68. The summed E-state index contributed by atoms with van der Waals surface area (Å²) in [5.41, 5.74) is 0. The highest BCUT2D eigenvalue weighted by Gasteiger charge is 2.22. The first-order valence-corrected chi connectivity index (χ1v) is 6.37. The zero-order chi connectivity index (χ0) is 11.9. The van der Waals surface area contributed by atoms with Crippen molar-refractivity contribution < 1.29 is 22.7 Å². The zero-order valence-electron chi connectivity index (χ0n) is 8.57. The maximum atomic E-state index is 11.8. The normalized spacial score (nSPS) is 13.7. The van der Waals surface area contributed by atoms with Crippen LogP contribution < -0.4 is 4.72 Å². The van der Waals surface area contributed by atoms with E-state index in [0.29, 0.717) is 6.42 Å². The summed E-state index contributed by atoms with van der Waals surface area (Å²) >= 11 is 0. The molecular formula is C8H16FNO4S. The molecule has 0 aromatic heterocycles. The average molecular weight is 241 g/mol. The number of aliphatic carboxylic acids is 1. The van der Waals surface area contributed by atoms with Crippen LogP contribution in [0.25, 0.3) is 0 Å². The van der Waals surface area contributed by atoms with Gasteiger partial charge >= 0.3 is 5.97 Å². The van der Waals surface area contributed by atoms with Crippen molar-refractivity contribution in [3.8, 4) is 0 Å². The molecule has 0 saturated heterocycles. The maximum absolute atomic E-state index is 11.8. The number of carboxylic acids is 1. The first kappa shape index (κ1) is 14.3. The van der Waals surface area contributed by atoms with Crippen molar-refractivity contribution >= 4 is 16.0 Å². The summed E-state index contributed by atoms with van der Waals surface area (Å²) in [4.78, 5) is 10.6. The maximum Gasteiger partial charge on any atom is 0.321 e. The van der Waals surface area contributed by atoms with E-state index in [2.05, 4.69) is 0 Å². The fourth-order valence-corrected chi connectivity index (χ4v) is 2.30. The molecule has 0 aliphatic carbocycles. The predicted octanol–water partition coefficient (Wildman–Crippen LogP) is 0.519. The number of hydrogen-bond acceptors (Lipinski definition) is 3. The minimum Gasteiger partial charge on any atom is -0.480 e. The van der Waals surface area contributed by atoms with Crippen LogP contribution in [0.2, 0.25) is 0 Å². The lowest BCUT2D eigenvalue weighted by atomic mass is 10.2. The van der Waals surface area contributed by atoms with E-state index in [1.165, 1.54) is 0 Å². The lowest BCUT2D eigenvalue weighted by Crippen LogP contribution is -2.41. The number of rotatable bonds is 8. The van der Waals surface area contributed by atoms with Gasteiger partial charge in [0.05, 0.1) is 12.4 Å². The number of sulfonamides is 1. The van der Waals surface area contributed by atoms with Crippen molar-refractivity contribution in [2.24, 2.45) is 0 Å². The summed E-state index contributed by atoms with van der Waals surface area (Å²) in [5, 5.41) is 8.69. The molecule has 0 bridgehead atoms. The van der Waals surface area contributed by atoms with Crippen LogP contribution in [0.5, 0.6) is 0 Å². The van der Waals surface area contributed by atoms with Gasteiger partial charge in [-0.05, 0) is 12.8 Å². The summed E-state index contributed by atoms with van der Waals surface area (Å²) in [6.07, 6.45) is 0.667. The first-order valence-electron chi connectivity index (χ1n) is 4.71. The Morgan fingerprint density at radius 3 is 2.53 bits per heavy atom. The second-order valence-corrected chi connectivity index (χ2v) is 5.03. The molecule has 2 N–H and O–H groups in total. The standard InChI is InChI=1S/C8H16FNO4S/c1-2-4-7(8(11)12)10-15(13,14)6-3-5-9/h7,10H,2-6H2,1H3,(H,11,12). The van der Waals surface area contributed by atoms with Gasteiger partial charge in [-0.25, -0.2) is 13.1 Å². The largest absolute Gasteiger partial charge is 0.480 e. The molecule has 0 fully saturated rings. The molecule has 0 amide bonds. The number of nitrogens with one attached hydrogen (secondary N) is 1. The van der Waals surface area contributed by atoms with Crippen molar-refractivity contribution in [3.05, 3.63) is 0 Å². The van der Waals surface area contributed by atoms with Crippen LogP contribution in [0.4, 0.5) is 4.39 Å². The summed E-state index contributed by atoms with van der Waals surface area (Å²) < 4.78 is 36.3. The van der Waals surface area contributed by atoms with Crippen molar-refractivity contribution in [1.82, 2.24) is 4.72 Å². The summed E-state index contributed by atoms with van der Waals surface area (Å²) in [5.74, 6) is -1.59. The van der Waals surface area contributed by atoms with Crippen LogP contribution in [0.3, 0.4) is 0 Å². The Labute approximate surface area is 88.7 Å². The highest BCUT2D eigenvalue weighted by Crippen LogP contribution is 2.00. The molecule has 15 heavy (non-hydrogen) atoms. The number of carboxylic acid groups (broad SMARTS) is 1. The number of halogens is 1. The second kappa shape index (κ2) is 6.73. The van der Waals surface area contributed by atoms with Gasteiger partial charge in [-0.3, -0.25) is 9.18 Å². The third-order valence-electron chi connectivity index (χ3n) is 1.74. The van der Waals surface area contributed by atoms with Crippen LogP contribution in [-0.2, 0) is 14.8 Å². The van der Waals surface area contributed by atoms with Gasteiger partial charge in [0, 0.05) is 0 Å². The van der Waals surface area contributed by atoms with E-state index < -0.39 is 28.7 Å². The quantitative estimate of drug-likeness (QED) is 0.649. The van der Waals surface area contributed by atoms with Crippen molar-refractivity contribution in [2.45, 2.75) is 32.2 Å². The first-order chi connectivity index (χ1) is 6.93. The molecule has 0 aromatic rings. The second-order valence-electron chi connectivity index (χ2n) is 3.16. The molecular weight excluding hydrogens is 225 g/mol. The Balaban J connectivity index is 4.32. The predicted molar refractivity (Wildman–Crippen MR) is 53.8 cm³/mol. The molecule has 0 spiro atoms. The Morgan fingerprint density at radius 1 is 1.53 bits per heavy atom. The van der Waals surface area contributed by atoms with E-state index in [-0.39, 0.29) is 18.6 Å². The van der Waals surface area contributed by atoms with Crippen molar-refractivity contribution in [3.63, 3.8) is 0 Å². The molecule has 0 aliphatic heterocycles. The zero-order valence-corrected chi connectivity index (χ0v) is 9.39.